The molecule has 0 rings (SSSR count). The monoisotopic (exact) mass is 546 g/mol. The quantitative estimate of drug-likeness (QED) is 0.194. The Morgan fingerprint density at radius 1 is 1.38 bits per heavy atom. The van der Waals surface area contributed by atoms with Crippen molar-refractivity contribution in [3.63, 3.8) is 0 Å². The molecule has 0 aliphatic rings. The molecule has 0 radical (unpaired) electrons. The molecule has 21 heavy (non-hydrogen) atoms. The summed E-state index contributed by atoms with van der Waals surface area (Å²) in [7, 11) is 0. The Morgan fingerprint density at radius 3 is 2.33 bits per heavy atom. The van der Waals surface area contributed by atoms with Gasteiger partial charge in [0, 0.05) is 6.54 Å². The van der Waals surface area contributed by atoms with Crippen molar-refractivity contribution in [1.82, 2.24) is 10.6 Å². The fourth-order valence-corrected chi connectivity index (χ4v) is 1.25. The summed E-state index contributed by atoms with van der Waals surface area (Å²) >= 11 is 0. The van der Waals surface area contributed by atoms with Gasteiger partial charge in [-0.1, -0.05) is 0 Å². The zero-order chi connectivity index (χ0) is 16.0. The molecule has 0 heterocycles. The number of ether oxygens (including phenoxy) is 1. The molecule has 1 atom stereocenters. The second kappa shape index (κ2) is 13.6. The van der Waals surface area contributed by atoms with Crippen molar-refractivity contribution in [1.29, 1.82) is 0 Å². The molecule has 7 nitrogen and oxygen atoms in total. The molecule has 0 bridgehead atoms. The maximum atomic E-state index is 11.3. The molecular formula is C13H25FmN2O5-. The van der Waals surface area contributed by atoms with E-state index in [9.17, 15) is 9.59 Å². The third-order valence-electron chi connectivity index (χ3n) is 2.04. The molecule has 0 spiro atoms. The largest absolute Gasteiger partial charge is 0.528 e. The molecule has 0 saturated heterocycles. The van der Waals surface area contributed by atoms with Crippen LogP contribution in [0.15, 0.2) is 0 Å². The number of unbranched alkanes of at least 4 members (excludes halogenated alkanes) is 1. The fraction of sp³-hybridized carbons (Fsp3) is 0.769. The van der Waals surface area contributed by atoms with Crippen LogP contribution in [0.2, 0.25) is 0 Å². The maximum Gasteiger partial charge on any atom is 0.407 e. The van der Waals surface area contributed by atoms with Crippen LogP contribution in [0, 0.1) is 0 Å². The van der Waals surface area contributed by atoms with Crippen LogP contribution in [0.5, 0.6) is 0 Å². The summed E-state index contributed by atoms with van der Waals surface area (Å²) in [6.07, 6.45) is 3.96. The Balaban J connectivity index is -0.000000740. The number of hydrogen-bond acceptors (Lipinski definition) is 4. The van der Waals surface area contributed by atoms with Crippen molar-refractivity contribution >= 4 is 19.0 Å². The Hall–Kier alpha value is -2.79. The van der Waals surface area contributed by atoms with E-state index in [-0.39, 0.29) is 18.6 Å². The molecule has 8 heteroatoms. The Kier molecular flexibility index (Phi) is 15.1. The van der Waals surface area contributed by atoms with Gasteiger partial charge < -0.3 is 25.3 Å². The zero-order valence-corrected chi connectivity index (χ0v) is 15.3. The molecule has 0 fully saturated rings. The predicted octanol–water partition coefficient (Wildman–Crippen LogP) is 1.43. The van der Waals surface area contributed by atoms with Crippen LogP contribution in [0.25, 0.3) is 0 Å². The van der Waals surface area contributed by atoms with Gasteiger partial charge in [0.05, 0.1) is 0 Å². The SMILES string of the molecule is CC(CCCCNC(=O)OC(C)(C)C)N[C-]=O.O=CO.[Fm]. The summed E-state index contributed by atoms with van der Waals surface area (Å²) in [6, 6.07) is 0.133. The van der Waals surface area contributed by atoms with Crippen LogP contribution in [0.4, 0.5) is 4.79 Å². The third kappa shape index (κ3) is 22.8. The molecule has 0 aliphatic carbocycles. The maximum absolute atomic E-state index is 11.3. The van der Waals surface area contributed by atoms with Crippen molar-refractivity contribution in [3.8, 4) is 0 Å². The first kappa shape index (κ1) is 23.3. The number of carbonyl (C=O) groups is 2. The first-order valence-corrected chi connectivity index (χ1v) is 6.44. The number of nitrogens with one attached hydrogen (secondary N) is 2. The normalized spacial score (nSPS) is 10.9. The van der Waals surface area contributed by atoms with Crippen LogP contribution in [-0.2, 0) is 14.3 Å². The molecule has 0 aromatic heterocycles. The zero-order valence-electron chi connectivity index (χ0n) is 12.9. The Morgan fingerprint density at radius 2 is 1.90 bits per heavy atom. The van der Waals surface area contributed by atoms with E-state index in [4.69, 9.17) is 14.6 Å². The molecule has 2 amide bonds. The van der Waals surface area contributed by atoms with Crippen molar-refractivity contribution in [2.24, 2.45) is 0 Å². The van der Waals surface area contributed by atoms with E-state index in [0.717, 1.165) is 19.3 Å². The Labute approximate surface area is 120 Å². The van der Waals surface area contributed by atoms with Gasteiger partial charge >= 0.3 is 6.09 Å². The first-order chi connectivity index (χ1) is 9.26. The first-order valence-electron chi connectivity index (χ1n) is 6.44. The third-order valence-corrected chi connectivity index (χ3v) is 2.04. The van der Waals surface area contributed by atoms with Gasteiger partial charge in [-0.15, -0.1) is 0 Å². The Bertz CT molecular complexity index is 282. The smallest absolute Gasteiger partial charge is 0.407 e. The van der Waals surface area contributed by atoms with Crippen LogP contribution in [0.3, 0.4) is 0 Å². The minimum atomic E-state index is -0.456. The van der Waals surface area contributed by atoms with Gasteiger partial charge in [0.1, 0.15) is 5.60 Å². The van der Waals surface area contributed by atoms with Gasteiger partial charge in [-0.3, -0.25) is 4.79 Å². The number of carboxylic acid groups (broad SMARTS) is 1. The minimum absolute atomic E-state index is 0. The second-order valence-corrected chi connectivity index (χ2v) is 5.18. The predicted molar refractivity (Wildman–Crippen MR) is 75.1 cm³/mol. The van der Waals surface area contributed by atoms with E-state index in [1.165, 1.54) is 0 Å². The molecule has 1 unspecified atom stereocenters. The summed E-state index contributed by atoms with van der Waals surface area (Å²) < 4.78 is 5.09. The van der Waals surface area contributed by atoms with Crippen molar-refractivity contribution in [3.05, 3.63) is 0 Å². The minimum Gasteiger partial charge on any atom is -0.528 e. The summed E-state index contributed by atoms with van der Waals surface area (Å²) in [6.45, 7) is 7.75. The van der Waals surface area contributed by atoms with E-state index >= 15 is 0 Å². The molecule has 0 aliphatic heterocycles. The fourth-order valence-electron chi connectivity index (χ4n) is 1.25. The van der Waals surface area contributed by atoms with Crippen molar-refractivity contribution in [2.75, 3.05) is 6.54 Å². The van der Waals surface area contributed by atoms with Gasteiger partial charge in [0.25, 0.3) is 6.47 Å². The van der Waals surface area contributed by atoms with Crippen molar-refractivity contribution < 1.29 is 24.2 Å². The van der Waals surface area contributed by atoms with Gasteiger partial charge in [0.15, 0.2) is 0 Å². The molecular weight excluding hydrogens is 521 g/mol. The number of amides is 2. The topological polar surface area (TPSA) is 105 Å². The van der Waals surface area contributed by atoms with Crippen LogP contribution >= 0.6 is 0 Å². The van der Waals surface area contributed by atoms with Gasteiger partial charge in [-0.05, 0) is 53.0 Å². The number of rotatable bonds is 7. The molecule has 0 aromatic rings. The van der Waals surface area contributed by atoms with Gasteiger partial charge in [-0.25, -0.2) is 4.79 Å². The van der Waals surface area contributed by atoms with Crippen LogP contribution in [-0.4, -0.2) is 42.3 Å². The molecule has 0 saturated carbocycles. The average Bonchev–Trinajstić information content (AvgIpc) is 2.27. The number of hydrogen-bond donors (Lipinski definition) is 3. The molecule has 130 valence electrons. The molecule has 0 aromatic carbocycles. The number of carbonyl (C=O) groups excluding carboxylic acids is 2. The molecule has 3 N–H and O–H groups in total. The average molecular weight is 546 g/mol. The van der Waals surface area contributed by atoms with Gasteiger partial charge in [-0.2, -0.15) is 6.41 Å². The summed E-state index contributed by atoms with van der Waals surface area (Å²) in [5, 5.41) is 12.1. The van der Waals surface area contributed by atoms with E-state index in [0.29, 0.717) is 6.54 Å². The van der Waals surface area contributed by atoms with E-state index < -0.39 is 5.60 Å². The standard InChI is InChI=1S/C12H23N2O3.CH2O2.Fm/c1-10(14-9-15)7-5-6-8-13-11(16)17-12(2,3)4;2-1-3;/h10H,5-8H2,1-4H3,(H,13,16)(H,14,15);1H,(H,2,3);/q-1;;. The van der Waals surface area contributed by atoms with Crippen molar-refractivity contribution in [2.45, 2.75) is 58.6 Å². The summed E-state index contributed by atoms with van der Waals surface area (Å²) in [5.41, 5.74) is -0.456. The van der Waals surface area contributed by atoms with Crippen LogP contribution < -0.4 is 10.6 Å². The van der Waals surface area contributed by atoms with E-state index in [2.05, 4.69) is 10.6 Å². The van der Waals surface area contributed by atoms with E-state index in [1.807, 2.05) is 27.7 Å². The summed E-state index contributed by atoms with van der Waals surface area (Å²) in [4.78, 5) is 29.6. The number of alkyl carbamates (subject to hydrolysis) is 1. The van der Waals surface area contributed by atoms with Crippen LogP contribution in [0.1, 0.15) is 47.0 Å². The van der Waals surface area contributed by atoms with Gasteiger partial charge in [0.2, 0.25) is 0 Å². The van der Waals surface area contributed by atoms with E-state index in [1.54, 1.807) is 6.41 Å². The second-order valence-electron chi connectivity index (χ2n) is 5.18. The summed E-state index contributed by atoms with van der Waals surface area (Å²) in [5.74, 6) is 0.